The van der Waals surface area contributed by atoms with Gasteiger partial charge in [-0.3, -0.25) is 10.1 Å². The molecule has 1 N–H and O–H groups in total. The van der Waals surface area contributed by atoms with E-state index in [2.05, 4.69) is 0 Å². The average Bonchev–Trinajstić information content (AvgIpc) is 2.26. The van der Waals surface area contributed by atoms with Crippen molar-refractivity contribution in [2.45, 2.75) is 12.5 Å². The molecule has 0 amide bonds. The van der Waals surface area contributed by atoms with Gasteiger partial charge in [0.15, 0.2) is 6.10 Å². The maximum Gasteiger partial charge on any atom is 0.333 e. The fourth-order valence-electron chi connectivity index (χ4n) is 1.24. The third kappa shape index (κ3) is 3.03. The van der Waals surface area contributed by atoms with Gasteiger partial charge in [-0.2, -0.15) is 0 Å². The number of nitro groups is 1. The monoisotopic (exact) mass is 225 g/mol. The van der Waals surface area contributed by atoms with E-state index in [4.69, 9.17) is 9.84 Å². The topological polar surface area (TPSA) is 89.7 Å². The number of benzene rings is 1. The summed E-state index contributed by atoms with van der Waals surface area (Å²) < 4.78 is 4.76. The van der Waals surface area contributed by atoms with E-state index in [1.165, 1.54) is 31.4 Å². The zero-order valence-corrected chi connectivity index (χ0v) is 8.62. The van der Waals surface area contributed by atoms with Crippen molar-refractivity contribution in [2.75, 3.05) is 7.11 Å². The molecule has 0 aliphatic heterocycles. The van der Waals surface area contributed by atoms with Gasteiger partial charge >= 0.3 is 5.97 Å². The second-order valence-corrected chi connectivity index (χ2v) is 3.19. The van der Waals surface area contributed by atoms with E-state index >= 15 is 0 Å². The van der Waals surface area contributed by atoms with Crippen molar-refractivity contribution in [1.29, 1.82) is 0 Å². The molecule has 0 radical (unpaired) electrons. The molecule has 1 aromatic carbocycles. The largest absolute Gasteiger partial charge is 0.479 e. The molecular formula is C10H11NO5. The van der Waals surface area contributed by atoms with Crippen molar-refractivity contribution in [3.05, 3.63) is 39.9 Å². The zero-order valence-electron chi connectivity index (χ0n) is 8.62. The Hall–Kier alpha value is -1.95. The summed E-state index contributed by atoms with van der Waals surface area (Å²) in [5, 5.41) is 19.1. The molecule has 0 unspecified atom stereocenters. The number of nitrogens with zero attached hydrogens (tertiary/aromatic N) is 1. The normalized spacial score (nSPS) is 12.1. The second-order valence-electron chi connectivity index (χ2n) is 3.19. The van der Waals surface area contributed by atoms with Gasteiger partial charge < -0.3 is 9.84 Å². The first-order valence-corrected chi connectivity index (χ1v) is 4.53. The molecule has 0 fully saturated rings. The highest BCUT2D eigenvalue weighted by atomic mass is 16.6. The van der Waals surface area contributed by atoms with Gasteiger partial charge in [-0.25, -0.2) is 4.79 Å². The lowest BCUT2D eigenvalue weighted by Gasteiger charge is -2.09. The van der Waals surface area contributed by atoms with Gasteiger partial charge in [0, 0.05) is 25.7 Å². The smallest absolute Gasteiger partial charge is 0.333 e. The SMILES string of the molecule is CO[C@@H](Cc1ccc([N+](=O)[O-])cc1)C(=O)O. The number of non-ortho nitro benzene ring substituents is 1. The highest BCUT2D eigenvalue weighted by Gasteiger charge is 2.17. The molecule has 0 aliphatic rings. The number of nitro benzene ring substituents is 1. The number of carboxylic acids is 1. The molecule has 0 saturated carbocycles. The quantitative estimate of drug-likeness (QED) is 0.601. The fourth-order valence-corrected chi connectivity index (χ4v) is 1.24. The van der Waals surface area contributed by atoms with Crippen LogP contribution in [0.4, 0.5) is 5.69 Å². The maximum absolute atomic E-state index is 10.7. The molecule has 6 nitrogen and oxygen atoms in total. The fraction of sp³-hybridized carbons (Fsp3) is 0.300. The number of carboxylic acid groups (broad SMARTS) is 1. The van der Waals surface area contributed by atoms with Crippen LogP contribution in [-0.2, 0) is 16.0 Å². The lowest BCUT2D eigenvalue weighted by molar-refractivity contribution is -0.384. The summed E-state index contributed by atoms with van der Waals surface area (Å²) in [4.78, 5) is 20.6. The molecule has 0 aliphatic carbocycles. The van der Waals surface area contributed by atoms with Crippen LogP contribution in [0.15, 0.2) is 24.3 Å². The summed E-state index contributed by atoms with van der Waals surface area (Å²) in [6, 6.07) is 5.72. The van der Waals surface area contributed by atoms with Crippen LogP contribution in [0.5, 0.6) is 0 Å². The van der Waals surface area contributed by atoms with Crippen LogP contribution in [0.25, 0.3) is 0 Å². The van der Waals surface area contributed by atoms with E-state index in [1.807, 2.05) is 0 Å². The molecule has 0 aromatic heterocycles. The summed E-state index contributed by atoms with van der Waals surface area (Å²) in [6.07, 6.45) is -0.745. The molecule has 16 heavy (non-hydrogen) atoms. The van der Waals surface area contributed by atoms with Crippen molar-refractivity contribution < 1.29 is 19.6 Å². The number of rotatable bonds is 5. The molecule has 0 heterocycles. The first-order valence-electron chi connectivity index (χ1n) is 4.53. The predicted molar refractivity (Wildman–Crippen MR) is 55.2 cm³/mol. The van der Waals surface area contributed by atoms with Gasteiger partial charge in [0.25, 0.3) is 5.69 Å². The molecule has 1 aromatic rings. The van der Waals surface area contributed by atoms with E-state index in [-0.39, 0.29) is 12.1 Å². The minimum absolute atomic E-state index is 0.0203. The van der Waals surface area contributed by atoms with E-state index < -0.39 is 17.0 Å². The number of ether oxygens (including phenoxy) is 1. The summed E-state index contributed by atoms with van der Waals surface area (Å²) >= 11 is 0. The van der Waals surface area contributed by atoms with Crippen LogP contribution in [0.1, 0.15) is 5.56 Å². The van der Waals surface area contributed by atoms with Crippen LogP contribution in [-0.4, -0.2) is 29.2 Å². The highest BCUT2D eigenvalue weighted by molar-refractivity contribution is 5.72. The second kappa shape index (κ2) is 5.22. The first kappa shape index (κ1) is 12.1. The Bertz CT molecular complexity index is 387. The standard InChI is InChI=1S/C10H11NO5/c1-16-9(10(12)13)6-7-2-4-8(5-3-7)11(14)15/h2-5,9H,6H2,1H3,(H,12,13)/t9-/m0/s1. The van der Waals surface area contributed by atoms with E-state index in [0.29, 0.717) is 5.56 Å². The van der Waals surface area contributed by atoms with Gasteiger partial charge in [-0.05, 0) is 5.56 Å². The number of hydrogen-bond donors (Lipinski definition) is 1. The third-order valence-electron chi connectivity index (χ3n) is 2.13. The summed E-state index contributed by atoms with van der Waals surface area (Å²) in [6.45, 7) is 0. The van der Waals surface area contributed by atoms with Gasteiger partial charge in [0.05, 0.1) is 4.92 Å². The maximum atomic E-state index is 10.7. The Balaban J connectivity index is 2.75. The first-order chi connectivity index (χ1) is 7.54. The number of hydrogen-bond acceptors (Lipinski definition) is 4. The van der Waals surface area contributed by atoms with Gasteiger partial charge in [-0.1, -0.05) is 12.1 Å². The van der Waals surface area contributed by atoms with E-state index in [0.717, 1.165) is 0 Å². The van der Waals surface area contributed by atoms with Crippen molar-refractivity contribution in [3.8, 4) is 0 Å². The Morgan fingerprint density at radius 2 is 2.06 bits per heavy atom. The molecule has 6 heteroatoms. The summed E-state index contributed by atoms with van der Waals surface area (Å²) in [5.41, 5.74) is 0.660. The summed E-state index contributed by atoms with van der Waals surface area (Å²) in [7, 11) is 1.31. The molecule has 86 valence electrons. The number of aliphatic carboxylic acids is 1. The van der Waals surface area contributed by atoms with Crippen LogP contribution in [0.2, 0.25) is 0 Å². The number of carbonyl (C=O) groups is 1. The van der Waals surface area contributed by atoms with Crippen molar-refractivity contribution >= 4 is 11.7 Å². The highest BCUT2D eigenvalue weighted by Crippen LogP contribution is 2.13. The molecule has 1 rings (SSSR count). The lowest BCUT2D eigenvalue weighted by Crippen LogP contribution is -2.24. The molecule has 1 atom stereocenters. The van der Waals surface area contributed by atoms with E-state index in [1.54, 1.807) is 0 Å². The molecule has 0 spiro atoms. The average molecular weight is 225 g/mol. The van der Waals surface area contributed by atoms with Gasteiger partial charge in [0.2, 0.25) is 0 Å². The van der Waals surface area contributed by atoms with Gasteiger partial charge in [-0.15, -0.1) is 0 Å². The summed E-state index contributed by atoms with van der Waals surface area (Å²) in [5.74, 6) is -1.05. The van der Waals surface area contributed by atoms with Crippen LogP contribution < -0.4 is 0 Å². The molecule has 0 bridgehead atoms. The number of methoxy groups -OCH3 is 1. The van der Waals surface area contributed by atoms with Crippen LogP contribution >= 0.6 is 0 Å². The minimum atomic E-state index is -1.05. The van der Waals surface area contributed by atoms with E-state index in [9.17, 15) is 14.9 Å². The van der Waals surface area contributed by atoms with Crippen molar-refractivity contribution in [1.82, 2.24) is 0 Å². The lowest BCUT2D eigenvalue weighted by atomic mass is 10.1. The Morgan fingerprint density at radius 3 is 2.44 bits per heavy atom. The van der Waals surface area contributed by atoms with Crippen molar-refractivity contribution in [3.63, 3.8) is 0 Å². The Kier molecular flexibility index (Phi) is 3.96. The predicted octanol–water partition coefficient (Wildman–Crippen LogP) is 1.24. The Labute approximate surface area is 91.6 Å². The minimum Gasteiger partial charge on any atom is -0.479 e. The molecule has 0 saturated heterocycles. The third-order valence-corrected chi connectivity index (χ3v) is 2.13. The Morgan fingerprint density at radius 1 is 1.50 bits per heavy atom. The van der Waals surface area contributed by atoms with Crippen LogP contribution in [0.3, 0.4) is 0 Å². The van der Waals surface area contributed by atoms with Crippen LogP contribution in [0, 0.1) is 10.1 Å². The molecular weight excluding hydrogens is 214 g/mol. The van der Waals surface area contributed by atoms with Gasteiger partial charge in [0.1, 0.15) is 0 Å². The van der Waals surface area contributed by atoms with Crippen molar-refractivity contribution in [2.24, 2.45) is 0 Å². The zero-order chi connectivity index (χ0) is 12.1.